The second-order valence-corrected chi connectivity index (χ2v) is 8.57. The summed E-state index contributed by atoms with van der Waals surface area (Å²) >= 11 is 0. The van der Waals surface area contributed by atoms with Crippen LogP contribution in [-0.2, 0) is 0 Å². The summed E-state index contributed by atoms with van der Waals surface area (Å²) < 4.78 is 2.07. The van der Waals surface area contributed by atoms with Crippen molar-refractivity contribution >= 4 is 11.9 Å². The van der Waals surface area contributed by atoms with Gasteiger partial charge in [-0.25, -0.2) is 4.98 Å². The van der Waals surface area contributed by atoms with Crippen LogP contribution in [-0.4, -0.2) is 70.5 Å². The highest BCUT2D eigenvalue weighted by molar-refractivity contribution is 5.50. The molecule has 2 atom stereocenters. The molecule has 2 unspecified atom stereocenters. The van der Waals surface area contributed by atoms with E-state index in [1.54, 1.807) is 0 Å². The highest BCUT2D eigenvalue weighted by atomic mass is 15.3. The molecule has 1 aliphatic heterocycles. The van der Waals surface area contributed by atoms with Gasteiger partial charge < -0.3 is 9.80 Å². The van der Waals surface area contributed by atoms with Gasteiger partial charge in [-0.2, -0.15) is 0 Å². The van der Waals surface area contributed by atoms with Gasteiger partial charge in [-0.1, -0.05) is 19.2 Å². The van der Waals surface area contributed by atoms with Crippen LogP contribution >= 0.6 is 0 Å². The molecule has 0 radical (unpaired) electrons. The van der Waals surface area contributed by atoms with Crippen molar-refractivity contribution in [2.24, 2.45) is 0 Å². The molecule has 0 amide bonds. The fourth-order valence-corrected chi connectivity index (χ4v) is 4.25. The average Bonchev–Trinajstić information content (AvgIpc) is 3.16. The molecule has 0 bridgehead atoms. The van der Waals surface area contributed by atoms with E-state index in [2.05, 4.69) is 79.8 Å². The average molecular weight is 409 g/mol. The standard InChI is InChI=1S/C24H36N6/c1-8-23-26-20(17-30(23)19(3)28(6)16-15-27(4)5)21-12-9-13-22(29(21)7)24-18(2)11-10-14-25-24/h8,10-11,14,17,21-22H,1,3,9,12-13,15-16H2,2,4-7H3. The van der Waals surface area contributed by atoms with Gasteiger partial charge in [0.05, 0.1) is 23.5 Å². The molecule has 0 aliphatic carbocycles. The molecule has 3 heterocycles. The Balaban J connectivity index is 1.84. The van der Waals surface area contributed by atoms with Gasteiger partial charge in [-0.05, 0) is 65.0 Å². The van der Waals surface area contributed by atoms with E-state index in [0.29, 0.717) is 6.04 Å². The van der Waals surface area contributed by atoms with Crippen molar-refractivity contribution in [3.8, 4) is 0 Å². The van der Waals surface area contributed by atoms with E-state index in [1.165, 1.54) is 11.3 Å². The second kappa shape index (κ2) is 9.58. The van der Waals surface area contributed by atoms with Gasteiger partial charge in [0.1, 0.15) is 11.6 Å². The van der Waals surface area contributed by atoms with Gasteiger partial charge in [0.15, 0.2) is 0 Å². The maximum Gasteiger partial charge on any atom is 0.138 e. The van der Waals surface area contributed by atoms with E-state index in [4.69, 9.17) is 9.97 Å². The number of hydrogen-bond acceptors (Lipinski definition) is 5. The molecule has 2 aromatic heterocycles. The minimum Gasteiger partial charge on any atom is -0.360 e. The predicted octanol–water partition coefficient (Wildman–Crippen LogP) is 4.05. The molecular formula is C24H36N6. The number of hydrogen-bond donors (Lipinski definition) is 0. The maximum absolute atomic E-state index is 4.94. The van der Waals surface area contributed by atoms with Crippen LogP contribution in [0.4, 0.5) is 0 Å². The number of aromatic nitrogens is 3. The minimum absolute atomic E-state index is 0.255. The highest BCUT2D eigenvalue weighted by Gasteiger charge is 2.33. The van der Waals surface area contributed by atoms with E-state index in [9.17, 15) is 0 Å². The molecule has 0 aromatic carbocycles. The van der Waals surface area contributed by atoms with Crippen molar-refractivity contribution < 1.29 is 0 Å². The zero-order chi connectivity index (χ0) is 21.8. The highest BCUT2D eigenvalue weighted by Crippen LogP contribution is 2.40. The Morgan fingerprint density at radius 2 is 1.97 bits per heavy atom. The molecule has 1 fully saturated rings. The fourth-order valence-electron chi connectivity index (χ4n) is 4.25. The van der Waals surface area contributed by atoms with E-state index in [0.717, 1.165) is 49.7 Å². The third kappa shape index (κ3) is 4.65. The fraction of sp³-hybridized carbons (Fsp3) is 0.500. The molecule has 3 rings (SSSR count). The summed E-state index contributed by atoms with van der Waals surface area (Å²) in [4.78, 5) is 16.4. The lowest BCUT2D eigenvalue weighted by molar-refractivity contribution is 0.109. The largest absolute Gasteiger partial charge is 0.360 e. The second-order valence-electron chi connectivity index (χ2n) is 8.57. The van der Waals surface area contributed by atoms with Crippen LogP contribution in [0.25, 0.3) is 11.9 Å². The van der Waals surface area contributed by atoms with Crippen LogP contribution < -0.4 is 0 Å². The lowest BCUT2D eigenvalue weighted by Crippen LogP contribution is -2.34. The SMILES string of the molecule is C=Cc1nc(C2CCCC(c3ncccc3C)N2C)cn1C(=C)N(C)CCN(C)C. The van der Waals surface area contributed by atoms with Crippen molar-refractivity contribution in [1.29, 1.82) is 0 Å². The lowest BCUT2D eigenvalue weighted by atomic mass is 9.91. The topological polar surface area (TPSA) is 40.4 Å². The number of rotatable bonds is 8. The quantitative estimate of drug-likeness (QED) is 0.659. The van der Waals surface area contributed by atoms with Crippen molar-refractivity contribution in [3.63, 3.8) is 0 Å². The van der Waals surface area contributed by atoms with Gasteiger partial charge in [-0.15, -0.1) is 0 Å². The number of likely N-dealkylation sites (N-methyl/N-ethyl adjacent to an activating group) is 2. The van der Waals surface area contributed by atoms with Gasteiger partial charge in [0.25, 0.3) is 0 Å². The van der Waals surface area contributed by atoms with Crippen LogP contribution in [0.2, 0.25) is 0 Å². The molecular weight excluding hydrogens is 372 g/mol. The first kappa shape index (κ1) is 22.2. The van der Waals surface area contributed by atoms with E-state index in [-0.39, 0.29) is 6.04 Å². The summed E-state index contributed by atoms with van der Waals surface area (Å²) in [5, 5.41) is 0. The molecule has 1 aliphatic rings. The summed E-state index contributed by atoms with van der Waals surface area (Å²) in [5.74, 6) is 1.76. The first-order chi connectivity index (χ1) is 14.3. The predicted molar refractivity (Wildman–Crippen MR) is 125 cm³/mol. The Hall–Kier alpha value is -2.44. The Kier molecular flexibility index (Phi) is 7.10. The number of likely N-dealkylation sites (tertiary alicyclic amines) is 1. The summed E-state index contributed by atoms with van der Waals surface area (Å²) in [6, 6.07) is 4.73. The van der Waals surface area contributed by atoms with E-state index in [1.807, 2.05) is 18.3 Å². The first-order valence-electron chi connectivity index (χ1n) is 10.7. The molecule has 6 nitrogen and oxygen atoms in total. The van der Waals surface area contributed by atoms with Crippen molar-refractivity contribution in [2.75, 3.05) is 41.3 Å². The van der Waals surface area contributed by atoms with Crippen LogP contribution in [0.3, 0.4) is 0 Å². The molecule has 0 spiro atoms. The molecule has 6 heteroatoms. The van der Waals surface area contributed by atoms with Crippen molar-refractivity contribution in [3.05, 3.63) is 60.5 Å². The lowest BCUT2D eigenvalue weighted by Gasteiger charge is -2.39. The first-order valence-corrected chi connectivity index (χ1v) is 10.7. The zero-order valence-electron chi connectivity index (χ0n) is 19.2. The third-order valence-corrected chi connectivity index (χ3v) is 6.18. The number of piperidine rings is 1. The monoisotopic (exact) mass is 408 g/mol. The Morgan fingerprint density at radius 3 is 2.63 bits per heavy atom. The molecule has 162 valence electrons. The molecule has 30 heavy (non-hydrogen) atoms. The van der Waals surface area contributed by atoms with Crippen LogP contribution in [0.15, 0.2) is 37.7 Å². The Bertz CT molecular complexity index is 884. The summed E-state index contributed by atoms with van der Waals surface area (Å²) in [7, 11) is 8.44. The Morgan fingerprint density at radius 1 is 1.23 bits per heavy atom. The molecule has 0 N–H and O–H groups in total. The smallest absolute Gasteiger partial charge is 0.138 e. The number of nitrogens with zero attached hydrogens (tertiary/aromatic N) is 6. The summed E-state index contributed by atoms with van der Waals surface area (Å²) in [6.07, 6.45) is 9.24. The van der Waals surface area contributed by atoms with Gasteiger partial charge in [-0.3, -0.25) is 14.5 Å². The van der Waals surface area contributed by atoms with Crippen LogP contribution in [0.1, 0.15) is 54.1 Å². The Labute approximate surface area is 181 Å². The maximum atomic E-state index is 4.94. The minimum atomic E-state index is 0.255. The number of imidazole rings is 1. The van der Waals surface area contributed by atoms with Crippen LogP contribution in [0.5, 0.6) is 0 Å². The third-order valence-electron chi connectivity index (χ3n) is 6.18. The van der Waals surface area contributed by atoms with Crippen molar-refractivity contribution in [2.45, 2.75) is 38.3 Å². The molecule has 0 saturated carbocycles. The summed E-state index contributed by atoms with van der Waals surface area (Å²) in [6.45, 7) is 12.3. The van der Waals surface area contributed by atoms with Gasteiger partial charge >= 0.3 is 0 Å². The normalized spacial score (nSPS) is 19.8. The van der Waals surface area contributed by atoms with Gasteiger partial charge in [0, 0.05) is 32.5 Å². The zero-order valence-corrected chi connectivity index (χ0v) is 19.2. The summed E-state index contributed by atoms with van der Waals surface area (Å²) in [5.41, 5.74) is 3.51. The van der Waals surface area contributed by atoms with E-state index >= 15 is 0 Å². The molecule has 2 aromatic rings. The van der Waals surface area contributed by atoms with Crippen LogP contribution in [0, 0.1) is 6.92 Å². The number of aryl methyl sites for hydroxylation is 1. The van der Waals surface area contributed by atoms with Crippen molar-refractivity contribution in [1.82, 2.24) is 29.2 Å². The van der Waals surface area contributed by atoms with E-state index < -0.39 is 0 Å². The molecule has 1 saturated heterocycles. The van der Waals surface area contributed by atoms with Gasteiger partial charge in [0.2, 0.25) is 0 Å². The number of pyridine rings is 1.